The number of phenols is 1. The van der Waals surface area contributed by atoms with Gasteiger partial charge in [0.2, 0.25) is 0 Å². The van der Waals surface area contributed by atoms with Crippen molar-refractivity contribution in [1.29, 1.82) is 0 Å². The molecule has 1 saturated carbocycles. The van der Waals surface area contributed by atoms with Gasteiger partial charge in [-0.3, -0.25) is 10.1 Å². The Hall–Kier alpha value is -1.58. The van der Waals surface area contributed by atoms with E-state index in [1.54, 1.807) is 6.07 Å². The van der Waals surface area contributed by atoms with E-state index in [0.29, 0.717) is 5.92 Å². The molecule has 0 amide bonds. The maximum absolute atomic E-state index is 10.5. The van der Waals surface area contributed by atoms with Gasteiger partial charge < -0.3 is 5.11 Å². The normalized spacial score (nSPS) is 15.4. The number of aromatic hydroxyl groups is 1. The Balaban J connectivity index is 2.24. The van der Waals surface area contributed by atoms with Crippen LogP contribution < -0.4 is 0 Å². The minimum atomic E-state index is -0.550. The Morgan fingerprint density at radius 2 is 2.21 bits per heavy atom. The van der Waals surface area contributed by atoms with Gasteiger partial charge in [-0.1, -0.05) is 6.07 Å². The molecule has 0 bridgehead atoms. The average molecular weight is 193 g/mol. The summed E-state index contributed by atoms with van der Waals surface area (Å²) in [5, 5.41) is 19.7. The van der Waals surface area contributed by atoms with Crippen LogP contribution in [0.2, 0.25) is 0 Å². The maximum atomic E-state index is 10.5. The van der Waals surface area contributed by atoms with Crippen LogP contribution in [-0.2, 0) is 6.42 Å². The molecule has 2 rings (SSSR count). The highest BCUT2D eigenvalue weighted by Crippen LogP contribution is 2.34. The average Bonchev–Trinajstić information content (AvgIpc) is 2.92. The third-order valence-electron chi connectivity index (χ3n) is 2.46. The third-order valence-corrected chi connectivity index (χ3v) is 2.46. The molecule has 0 saturated heterocycles. The Bertz CT molecular complexity index is 372. The summed E-state index contributed by atoms with van der Waals surface area (Å²) in [6.45, 7) is 0. The Morgan fingerprint density at radius 1 is 1.50 bits per heavy atom. The summed E-state index contributed by atoms with van der Waals surface area (Å²) in [5.41, 5.74) is 0.750. The van der Waals surface area contributed by atoms with E-state index >= 15 is 0 Å². The van der Waals surface area contributed by atoms with Crippen LogP contribution in [0.4, 0.5) is 5.69 Å². The van der Waals surface area contributed by atoms with Crippen molar-refractivity contribution in [3.63, 3.8) is 0 Å². The van der Waals surface area contributed by atoms with E-state index in [9.17, 15) is 15.2 Å². The first-order valence-electron chi connectivity index (χ1n) is 4.63. The summed E-state index contributed by atoms with van der Waals surface area (Å²) >= 11 is 0. The Kier molecular flexibility index (Phi) is 2.11. The highest BCUT2D eigenvalue weighted by molar-refractivity contribution is 5.47. The first-order chi connectivity index (χ1) is 6.66. The fourth-order valence-electron chi connectivity index (χ4n) is 1.50. The number of nitro benzene ring substituents is 1. The first kappa shape index (κ1) is 8.99. The second kappa shape index (κ2) is 3.29. The van der Waals surface area contributed by atoms with Crippen molar-refractivity contribution in [2.45, 2.75) is 19.3 Å². The number of phenolic OH excluding ortho intramolecular Hbond substituents is 1. The summed E-state index contributed by atoms with van der Waals surface area (Å²) in [6.07, 6.45) is 3.32. The van der Waals surface area contributed by atoms with Crippen molar-refractivity contribution < 1.29 is 10.0 Å². The molecule has 74 valence electrons. The predicted octanol–water partition coefficient (Wildman–Crippen LogP) is 2.25. The van der Waals surface area contributed by atoms with E-state index in [4.69, 9.17) is 0 Å². The van der Waals surface area contributed by atoms with Crippen molar-refractivity contribution >= 4 is 5.69 Å². The lowest BCUT2D eigenvalue weighted by atomic mass is 10.1. The van der Waals surface area contributed by atoms with Gasteiger partial charge >= 0.3 is 5.69 Å². The highest BCUT2D eigenvalue weighted by atomic mass is 16.6. The molecule has 14 heavy (non-hydrogen) atoms. The smallest absolute Gasteiger partial charge is 0.310 e. The van der Waals surface area contributed by atoms with E-state index in [2.05, 4.69) is 0 Å². The molecule has 1 aromatic rings. The minimum Gasteiger partial charge on any atom is -0.502 e. The molecular formula is C10H11NO3. The van der Waals surface area contributed by atoms with Gasteiger partial charge in [-0.25, -0.2) is 0 Å². The van der Waals surface area contributed by atoms with Crippen molar-refractivity contribution in [2.75, 3.05) is 0 Å². The van der Waals surface area contributed by atoms with Gasteiger partial charge in [0.1, 0.15) is 0 Å². The minimum absolute atomic E-state index is 0.192. The van der Waals surface area contributed by atoms with Crippen LogP contribution in [0.25, 0.3) is 0 Å². The van der Waals surface area contributed by atoms with Gasteiger partial charge in [-0.15, -0.1) is 0 Å². The molecule has 0 radical (unpaired) electrons. The molecule has 0 heterocycles. The van der Waals surface area contributed by atoms with Crippen molar-refractivity contribution in [2.24, 2.45) is 5.92 Å². The van der Waals surface area contributed by atoms with Gasteiger partial charge in [0.05, 0.1) is 4.92 Å². The summed E-state index contributed by atoms with van der Waals surface area (Å²) in [5.74, 6) is 0.439. The van der Waals surface area contributed by atoms with E-state index in [1.807, 2.05) is 0 Å². The summed E-state index contributed by atoms with van der Waals surface area (Å²) < 4.78 is 0. The predicted molar refractivity (Wildman–Crippen MR) is 51.2 cm³/mol. The van der Waals surface area contributed by atoms with Crippen molar-refractivity contribution in [1.82, 2.24) is 0 Å². The summed E-state index contributed by atoms with van der Waals surface area (Å²) in [4.78, 5) is 9.97. The fraction of sp³-hybridized carbons (Fsp3) is 0.400. The molecule has 0 aromatic heterocycles. The maximum Gasteiger partial charge on any atom is 0.310 e. The van der Waals surface area contributed by atoms with Crippen LogP contribution in [0.15, 0.2) is 18.2 Å². The van der Waals surface area contributed by atoms with Gasteiger partial charge in [-0.05, 0) is 36.8 Å². The molecule has 1 aromatic carbocycles. The standard InChI is InChI=1S/C10H11NO3/c12-10-4-3-8(5-7-1-2-7)6-9(10)11(13)14/h3-4,6-7,12H,1-2,5H2. The van der Waals surface area contributed by atoms with Crippen molar-refractivity contribution in [3.05, 3.63) is 33.9 Å². The zero-order valence-electron chi connectivity index (χ0n) is 7.64. The zero-order chi connectivity index (χ0) is 10.1. The van der Waals surface area contributed by atoms with Gasteiger partial charge in [0.25, 0.3) is 0 Å². The number of benzene rings is 1. The largest absolute Gasteiger partial charge is 0.502 e. The Morgan fingerprint density at radius 3 is 2.79 bits per heavy atom. The van der Waals surface area contributed by atoms with E-state index in [1.165, 1.54) is 25.0 Å². The molecule has 0 spiro atoms. The van der Waals surface area contributed by atoms with Crippen LogP contribution >= 0.6 is 0 Å². The number of hydrogen-bond donors (Lipinski definition) is 1. The second-order valence-electron chi connectivity index (χ2n) is 3.73. The Labute approximate surface area is 81.3 Å². The number of rotatable bonds is 3. The molecule has 4 heteroatoms. The van der Waals surface area contributed by atoms with E-state index < -0.39 is 4.92 Å². The van der Waals surface area contributed by atoms with E-state index in [0.717, 1.165) is 12.0 Å². The zero-order valence-corrected chi connectivity index (χ0v) is 7.64. The molecule has 0 unspecified atom stereocenters. The van der Waals surface area contributed by atoms with Gasteiger partial charge in [-0.2, -0.15) is 0 Å². The van der Waals surface area contributed by atoms with Crippen LogP contribution in [0.5, 0.6) is 5.75 Å². The number of nitrogens with zero attached hydrogens (tertiary/aromatic N) is 1. The topological polar surface area (TPSA) is 63.4 Å². The molecular weight excluding hydrogens is 182 g/mol. The monoisotopic (exact) mass is 193 g/mol. The lowest BCUT2D eigenvalue weighted by Gasteiger charge is -2.00. The van der Waals surface area contributed by atoms with Crippen molar-refractivity contribution in [3.8, 4) is 5.75 Å². The lowest BCUT2D eigenvalue weighted by molar-refractivity contribution is -0.385. The molecule has 1 aliphatic rings. The van der Waals surface area contributed by atoms with E-state index in [-0.39, 0.29) is 11.4 Å². The summed E-state index contributed by atoms with van der Waals surface area (Å²) in [6, 6.07) is 4.62. The SMILES string of the molecule is O=[N+]([O-])c1cc(CC2CC2)ccc1O. The molecule has 4 nitrogen and oxygen atoms in total. The lowest BCUT2D eigenvalue weighted by Crippen LogP contribution is -1.92. The second-order valence-corrected chi connectivity index (χ2v) is 3.73. The molecule has 1 aliphatic carbocycles. The number of nitro groups is 1. The van der Waals surface area contributed by atoms with Crippen LogP contribution in [0, 0.1) is 16.0 Å². The number of hydrogen-bond acceptors (Lipinski definition) is 3. The quantitative estimate of drug-likeness (QED) is 0.591. The van der Waals surface area contributed by atoms with Crippen LogP contribution in [-0.4, -0.2) is 10.0 Å². The van der Waals surface area contributed by atoms with Gasteiger partial charge in [0.15, 0.2) is 5.75 Å². The van der Waals surface area contributed by atoms with Crippen LogP contribution in [0.3, 0.4) is 0 Å². The van der Waals surface area contributed by atoms with Gasteiger partial charge in [0, 0.05) is 6.07 Å². The molecule has 1 fully saturated rings. The van der Waals surface area contributed by atoms with Crippen LogP contribution in [0.1, 0.15) is 18.4 Å². The first-order valence-corrected chi connectivity index (χ1v) is 4.63. The summed E-state index contributed by atoms with van der Waals surface area (Å²) in [7, 11) is 0. The highest BCUT2D eigenvalue weighted by Gasteiger charge is 2.23. The fourth-order valence-corrected chi connectivity index (χ4v) is 1.50. The third kappa shape index (κ3) is 1.84. The molecule has 0 atom stereocenters. The molecule has 0 aliphatic heterocycles. The molecule has 1 N–H and O–H groups in total.